The van der Waals surface area contributed by atoms with Gasteiger partial charge in [0.25, 0.3) is 5.56 Å². The molecular weight excluding hydrogens is 246 g/mol. The fourth-order valence-electron chi connectivity index (χ4n) is 2.40. The number of hydrogen-bond donors (Lipinski definition) is 2. The summed E-state index contributed by atoms with van der Waals surface area (Å²) in [6, 6.07) is 0. The van der Waals surface area contributed by atoms with Gasteiger partial charge in [-0.05, 0) is 19.3 Å². The Labute approximate surface area is 112 Å². The van der Waals surface area contributed by atoms with Crippen molar-refractivity contribution in [3.05, 3.63) is 21.7 Å². The summed E-state index contributed by atoms with van der Waals surface area (Å²) in [5.41, 5.74) is 6.32. The molecule has 0 saturated heterocycles. The second-order valence-electron chi connectivity index (χ2n) is 4.80. The number of nitrogens with two attached hydrogens (primary N) is 1. The average molecular weight is 267 g/mol. The summed E-state index contributed by atoms with van der Waals surface area (Å²) < 4.78 is 0. The van der Waals surface area contributed by atoms with E-state index in [4.69, 9.17) is 5.73 Å². The molecule has 5 heteroatoms. The van der Waals surface area contributed by atoms with Crippen LogP contribution in [-0.4, -0.2) is 15.2 Å². The van der Waals surface area contributed by atoms with Crippen molar-refractivity contribution < 1.29 is 0 Å². The Kier molecular flexibility index (Phi) is 4.69. The van der Waals surface area contributed by atoms with E-state index in [0.717, 1.165) is 11.0 Å². The van der Waals surface area contributed by atoms with Crippen molar-refractivity contribution >= 4 is 17.6 Å². The summed E-state index contributed by atoms with van der Waals surface area (Å²) in [6.45, 7) is 1.92. The molecule has 1 aliphatic carbocycles. The molecular formula is C13H21N3OS. The lowest BCUT2D eigenvalue weighted by Gasteiger charge is -2.20. The van der Waals surface area contributed by atoms with Crippen LogP contribution in [0.4, 0.5) is 5.82 Å². The van der Waals surface area contributed by atoms with Crippen LogP contribution in [0.1, 0.15) is 50.4 Å². The zero-order chi connectivity index (χ0) is 13.0. The van der Waals surface area contributed by atoms with Crippen molar-refractivity contribution in [1.29, 1.82) is 0 Å². The molecule has 0 bridgehead atoms. The third-order valence-corrected chi connectivity index (χ3v) is 4.84. The number of H-pyrrole nitrogens is 1. The van der Waals surface area contributed by atoms with Crippen LogP contribution in [0.15, 0.2) is 4.79 Å². The second kappa shape index (κ2) is 6.27. The third kappa shape index (κ3) is 3.28. The highest BCUT2D eigenvalue weighted by molar-refractivity contribution is 7.99. The SMILES string of the molecule is CCc1c(N)nc(CSC2CCCCC2)[nH]c1=O. The van der Waals surface area contributed by atoms with Gasteiger partial charge in [-0.25, -0.2) is 4.98 Å². The monoisotopic (exact) mass is 267 g/mol. The minimum Gasteiger partial charge on any atom is -0.383 e. The Morgan fingerprint density at radius 2 is 2.11 bits per heavy atom. The molecule has 0 aromatic carbocycles. The molecule has 1 aromatic heterocycles. The normalized spacial score (nSPS) is 16.9. The molecule has 1 saturated carbocycles. The lowest BCUT2D eigenvalue weighted by molar-refractivity contribution is 0.516. The molecule has 1 aromatic rings. The number of nitrogen functional groups attached to an aromatic ring is 1. The van der Waals surface area contributed by atoms with Crippen molar-refractivity contribution in [2.45, 2.75) is 56.5 Å². The molecule has 1 aliphatic rings. The van der Waals surface area contributed by atoms with Gasteiger partial charge >= 0.3 is 0 Å². The molecule has 18 heavy (non-hydrogen) atoms. The zero-order valence-electron chi connectivity index (χ0n) is 10.9. The molecule has 0 amide bonds. The zero-order valence-corrected chi connectivity index (χ0v) is 11.7. The van der Waals surface area contributed by atoms with Gasteiger partial charge in [0, 0.05) is 5.25 Å². The van der Waals surface area contributed by atoms with E-state index in [-0.39, 0.29) is 5.56 Å². The van der Waals surface area contributed by atoms with Crippen LogP contribution >= 0.6 is 11.8 Å². The van der Waals surface area contributed by atoms with Gasteiger partial charge in [-0.15, -0.1) is 0 Å². The number of anilines is 1. The predicted octanol–water partition coefficient (Wildman–Crippen LogP) is 2.48. The van der Waals surface area contributed by atoms with Crippen LogP contribution in [0.2, 0.25) is 0 Å². The number of rotatable bonds is 4. The van der Waals surface area contributed by atoms with Crippen LogP contribution in [0.25, 0.3) is 0 Å². The van der Waals surface area contributed by atoms with E-state index in [1.54, 1.807) is 0 Å². The highest BCUT2D eigenvalue weighted by Gasteiger charge is 2.15. The Morgan fingerprint density at radius 1 is 1.39 bits per heavy atom. The molecule has 0 spiro atoms. The van der Waals surface area contributed by atoms with E-state index >= 15 is 0 Å². The maximum absolute atomic E-state index is 11.8. The van der Waals surface area contributed by atoms with E-state index in [1.165, 1.54) is 32.1 Å². The van der Waals surface area contributed by atoms with Gasteiger partial charge in [0.05, 0.1) is 11.3 Å². The van der Waals surface area contributed by atoms with Gasteiger partial charge < -0.3 is 10.7 Å². The van der Waals surface area contributed by atoms with Crippen LogP contribution in [0.5, 0.6) is 0 Å². The van der Waals surface area contributed by atoms with Gasteiger partial charge in [-0.3, -0.25) is 4.79 Å². The van der Waals surface area contributed by atoms with Gasteiger partial charge in [0.15, 0.2) is 0 Å². The largest absolute Gasteiger partial charge is 0.383 e. The summed E-state index contributed by atoms with van der Waals surface area (Å²) in [6.07, 6.45) is 7.24. The first-order chi connectivity index (χ1) is 8.70. The minimum atomic E-state index is -0.0794. The van der Waals surface area contributed by atoms with E-state index in [2.05, 4.69) is 9.97 Å². The summed E-state index contributed by atoms with van der Waals surface area (Å²) in [4.78, 5) is 18.9. The van der Waals surface area contributed by atoms with Gasteiger partial charge in [0.2, 0.25) is 0 Å². The van der Waals surface area contributed by atoms with Gasteiger partial charge in [0.1, 0.15) is 11.6 Å². The Bertz CT molecular complexity index is 452. The number of nitrogens with zero attached hydrogens (tertiary/aromatic N) is 1. The summed E-state index contributed by atoms with van der Waals surface area (Å²) in [7, 11) is 0. The average Bonchev–Trinajstić information content (AvgIpc) is 2.37. The summed E-state index contributed by atoms with van der Waals surface area (Å²) in [5, 5.41) is 0.719. The van der Waals surface area contributed by atoms with E-state index < -0.39 is 0 Å². The fourth-order valence-corrected chi connectivity index (χ4v) is 3.60. The van der Waals surface area contributed by atoms with Crippen molar-refractivity contribution in [1.82, 2.24) is 9.97 Å². The van der Waals surface area contributed by atoms with Crippen molar-refractivity contribution in [3.63, 3.8) is 0 Å². The first-order valence-corrected chi connectivity index (χ1v) is 7.74. The molecule has 0 aliphatic heterocycles. The molecule has 2 rings (SSSR count). The molecule has 0 radical (unpaired) electrons. The standard InChI is InChI=1S/C13H21N3OS/c1-2-10-12(14)15-11(16-13(10)17)8-18-9-6-4-3-5-7-9/h9H,2-8H2,1H3,(H3,14,15,16,17). The smallest absolute Gasteiger partial charge is 0.256 e. The third-order valence-electron chi connectivity index (χ3n) is 3.46. The molecule has 0 atom stereocenters. The van der Waals surface area contributed by atoms with Gasteiger partial charge in [-0.1, -0.05) is 26.2 Å². The van der Waals surface area contributed by atoms with Crippen LogP contribution < -0.4 is 11.3 Å². The van der Waals surface area contributed by atoms with Crippen molar-refractivity contribution in [2.24, 2.45) is 0 Å². The lowest BCUT2D eigenvalue weighted by atomic mass is 10.0. The first kappa shape index (κ1) is 13.5. The van der Waals surface area contributed by atoms with Crippen LogP contribution in [0, 0.1) is 0 Å². The van der Waals surface area contributed by atoms with Crippen molar-refractivity contribution in [3.8, 4) is 0 Å². The summed E-state index contributed by atoms with van der Waals surface area (Å²) in [5.74, 6) is 1.86. The maximum atomic E-state index is 11.8. The fraction of sp³-hybridized carbons (Fsp3) is 0.692. The molecule has 3 N–H and O–H groups in total. The molecule has 1 heterocycles. The summed E-state index contributed by atoms with van der Waals surface area (Å²) >= 11 is 1.89. The van der Waals surface area contributed by atoms with Crippen molar-refractivity contribution in [2.75, 3.05) is 5.73 Å². The Balaban J connectivity index is 1.99. The number of aromatic nitrogens is 2. The molecule has 1 fully saturated rings. The van der Waals surface area contributed by atoms with E-state index in [1.807, 2.05) is 18.7 Å². The topological polar surface area (TPSA) is 71.8 Å². The minimum absolute atomic E-state index is 0.0794. The molecule has 0 unspecified atom stereocenters. The Morgan fingerprint density at radius 3 is 2.72 bits per heavy atom. The second-order valence-corrected chi connectivity index (χ2v) is 6.09. The number of aromatic amines is 1. The number of hydrogen-bond acceptors (Lipinski definition) is 4. The van der Waals surface area contributed by atoms with Crippen LogP contribution in [0.3, 0.4) is 0 Å². The van der Waals surface area contributed by atoms with E-state index in [9.17, 15) is 4.79 Å². The highest BCUT2D eigenvalue weighted by atomic mass is 32.2. The quantitative estimate of drug-likeness (QED) is 0.879. The molecule has 100 valence electrons. The van der Waals surface area contributed by atoms with E-state index in [0.29, 0.717) is 23.6 Å². The highest BCUT2D eigenvalue weighted by Crippen LogP contribution is 2.29. The van der Waals surface area contributed by atoms with Crippen LogP contribution in [-0.2, 0) is 12.2 Å². The lowest BCUT2D eigenvalue weighted by Crippen LogP contribution is -2.19. The Hall–Kier alpha value is -0.970. The maximum Gasteiger partial charge on any atom is 0.256 e. The number of thioether (sulfide) groups is 1. The first-order valence-electron chi connectivity index (χ1n) is 6.70. The molecule has 4 nitrogen and oxygen atoms in total. The number of nitrogens with one attached hydrogen (secondary N) is 1. The van der Waals surface area contributed by atoms with Gasteiger partial charge in [-0.2, -0.15) is 11.8 Å². The predicted molar refractivity (Wildman–Crippen MR) is 76.8 cm³/mol.